The van der Waals surface area contributed by atoms with Crippen LogP contribution in [-0.4, -0.2) is 42.2 Å². The van der Waals surface area contributed by atoms with E-state index in [4.69, 9.17) is 9.52 Å². The Hall–Kier alpha value is -1.49. The Balaban J connectivity index is 2.33. The lowest BCUT2D eigenvalue weighted by atomic mass is 10.2. The van der Waals surface area contributed by atoms with Crippen LogP contribution in [0.25, 0.3) is 0 Å². The van der Waals surface area contributed by atoms with E-state index >= 15 is 0 Å². The number of likely N-dealkylation sites (N-methyl/N-ethyl adjacent to an activating group) is 1. The highest BCUT2D eigenvalue weighted by Gasteiger charge is 2.09. The molecular weight excluding hydrogens is 220 g/mol. The third kappa shape index (κ3) is 4.11. The summed E-state index contributed by atoms with van der Waals surface area (Å²) in [5.41, 5.74) is 0. The van der Waals surface area contributed by atoms with Crippen LogP contribution >= 0.6 is 0 Å². The molecule has 1 rings (SSSR count). The van der Waals surface area contributed by atoms with Crippen LogP contribution < -0.4 is 5.32 Å². The smallest absolute Gasteiger partial charge is 0.371 e. The van der Waals surface area contributed by atoms with E-state index in [0.717, 1.165) is 19.5 Å². The van der Waals surface area contributed by atoms with Crippen LogP contribution in [0.1, 0.15) is 30.8 Å². The van der Waals surface area contributed by atoms with Crippen molar-refractivity contribution in [1.29, 1.82) is 0 Å². The minimum absolute atomic E-state index is 0.0391. The summed E-state index contributed by atoms with van der Waals surface area (Å²) in [7, 11) is 2.07. The summed E-state index contributed by atoms with van der Waals surface area (Å²) in [5.74, 6) is -0.586. The quantitative estimate of drug-likeness (QED) is 0.764. The first-order valence-corrected chi connectivity index (χ1v) is 5.81. The van der Waals surface area contributed by atoms with Gasteiger partial charge in [-0.15, -0.1) is 0 Å². The number of nitrogens with zero attached hydrogens (tertiary/aromatic N) is 1. The van der Waals surface area contributed by atoms with Crippen LogP contribution in [-0.2, 0) is 0 Å². The zero-order valence-electron chi connectivity index (χ0n) is 10.6. The van der Waals surface area contributed by atoms with E-state index in [-0.39, 0.29) is 5.76 Å². The molecule has 1 aromatic rings. The molecular formula is C12H20N2O3. The Morgan fingerprint density at radius 1 is 1.59 bits per heavy atom. The fraction of sp³-hybridized carbons (Fsp3) is 0.583. The van der Waals surface area contributed by atoms with E-state index in [1.165, 1.54) is 6.07 Å². The summed E-state index contributed by atoms with van der Waals surface area (Å²) in [6.45, 7) is 5.95. The van der Waals surface area contributed by atoms with Gasteiger partial charge in [0.25, 0.3) is 0 Å². The SMILES string of the molecule is CCC(C)N(C)CCNc1ccc(C(=O)O)o1. The molecule has 0 bridgehead atoms. The van der Waals surface area contributed by atoms with Crippen molar-refractivity contribution in [3.8, 4) is 0 Å². The van der Waals surface area contributed by atoms with Gasteiger partial charge < -0.3 is 19.7 Å². The summed E-state index contributed by atoms with van der Waals surface area (Å²) in [6.07, 6.45) is 1.11. The number of hydrogen-bond acceptors (Lipinski definition) is 4. The molecule has 96 valence electrons. The Morgan fingerprint density at radius 2 is 2.29 bits per heavy atom. The highest BCUT2D eigenvalue weighted by molar-refractivity contribution is 5.84. The van der Waals surface area contributed by atoms with Crippen molar-refractivity contribution >= 4 is 11.9 Å². The van der Waals surface area contributed by atoms with Crippen LogP contribution in [0.4, 0.5) is 5.88 Å². The summed E-state index contributed by atoms with van der Waals surface area (Å²) >= 11 is 0. The first-order chi connectivity index (χ1) is 8.04. The number of hydrogen-bond donors (Lipinski definition) is 2. The largest absolute Gasteiger partial charge is 0.475 e. The predicted molar refractivity (Wildman–Crippen MR) is 66.5 cm³/mol. The van der Waals surface area contributed by atoms with Gasteiger partial charge in [-0.05, 0) is 26.5 Å². The van der Waals surface area contributed by atoms with E-state index in [9.17, 15) is 4.79 Å². The van der Waals surface area contributed by atoms with Gasteiger partial charge in [-0.25, -0.2) is 4.79 Å². The van der Waals surface area contributed by atoms with Gasteiger partial charge in [0.15, 0.2) is 5.88 Å². The van der Waals surface area contributed by atoms with Gasteiger partial charge in [0, 0.05) is 25.2 Å². The zero-order chi connectivity index (χ0) is 12.8. The predicted octanol–water partition coefficient (Wildman–Crippen LogP) is 2.12. The molecule has 0 fully saturated rings. The molecule has 0 amide bonds. The first kappa shape index (κ1) is 13.6. The molecule has 5 nitrogen and oxygen atoms in total. The van der Waals surface area contributed by atoms with Crippen molar-refractivity contribution in [2.24, 2.45) is 0 Å². The normalized spacial score (nSPS) is 12.7. The van der Waals surface area contributed by atoms with Crippen LogP contribution in [0.2, 0.25) is 0 Å². The monoisotopic (exact) mass is 240 g/mol. The second-order valence-corrected chi connectivity index (χ2v) is 4.13. The van der Waals surface area contributed by atoms with Crippen LogP contribution in [0.3, 0.4) is 0 Å². The second-order valence-electron chi connectivity index (χ2n) is 4.13. The average molecular weight is 240 g/mol. The van der Waals surface area contributed by atoms with Gasteiger partial charge in [0.1, 0.15) is 0 Å². The van der Waals surface area contributed by atoms with Crippen molar-refractivity contribution in [2.75, 3.05) is 25.5 Å². The number of carboxylic acids is 1. The summed E-state index contributed by atoms with van der Waals surface area (Å²) in [4.78, 5) is 12.8. The molecule has 1 atom stereocenters. The van der Waals surface area contributed by atoms with Crippen molar-refractivity contribution in [1.82, 2.24) is 4.90 Å². The molecule has 0 saturated heterocycles. The minimum Gasteiger partial charge on any atom is -0.475 e. The maximum absolute atomic E-state index is 10.6. The standard InChI is InChI=1S/C12H20N2O3/c1-4-9(2)14(3)8-7-13-11-6-5-10(17-11)12(15)16/h5-6,9,13H,4,7-8H2,1-3H3,(H,15,16). The van der Waals surface area contributed by atoms with Gasteiger partial charge in [-0.2, -0.15) is 0 Å². The van der Waals surface area contributed by atoms with Crippen LogP contribution in [0.5, 0.6) is 0 Å². The summed E-state index contributed by atoms with van der Waals surface area (Å²) in [6, 6.07) is 3.62. The van der Waals surface area contributed by atoms with Gasteiger partial charge in [0.2, 0.25) is 5.76 Å². The molecule has 0 aliphatic heterocycles. The van der Waals surface area contributed by atoms with Gasteiger partial charge >= 0.3 is 5.97 Å². The maximum atomic E-state index is 10.6. The maximum Gasteiger partial charge on any atom is 0.371 e. The first-order valence-electron chi connectivity index (χ1n) is 5.81. The fourth-order valence-electron chi connectivity index (χ4n) is 1.44. The molecule has 1 unspecified atom stereocenters. The average Bonchev–Trinajstić information content (AvgIpc) is 2.76. The number of furan rings is 1. The Labute approximate surface area is 101 Å². The van der Waals surface area contributed by atoms with E-state index in [1.807, 2.05) is 0 Å². The summed E-state index contributed by atoms with van der Waals surface area (Å²) in [5, 5.41) is 11.7. The molecule has 17 heavy (non-hydrogen) atoms. The van der Waals surface area contributed by atoms with Gasteiger partial charge in [-0.1, -0.05) is 6.92 Å². The Morgan fingerprint density at radius 3 is 2.82 bits per heavy atom. The molecule has 2 N–H and O–H groups in total. The molecule has 0 aromatic carbocycles. The van der Waals surface area contributed by atoms with E-state index in [0.29, 0.717) is 11.9 Å². The molecule has 0 radical (unpaired) electrons. The van der Waals surface area contributed by atoms with Gasteiger partial charge in [0.05, 0.1) is 0 Å². The van der Waals surface area contributed by atoms with Crippen LogP contribution in [0.15, 0.2) is 16.5 Å². The zero-order valence-corrected chi connectivity index (χ0v) is 10.6. The summed E-state index contributed by atoms with van der Waals surface area (Å²) < 4.78 is 5.08. The van der Waals surface area contributed by atoms with Crippen molar-refractivity contribution in [3.63, 3.8) is 0 Å². The molecule has 1 heterocycles. The topological polar surface area (TPSA) is 65.7 Å². The third-order valence-electron chi connectivity index (χ3n) is 2.92. The highest BCUT2D eigenvalue weighted by Crippen LogP contribution is 2.12. The molecule has 1 aromatic heterocycles. The number of carbonyl (C=O) groups is 1. The molecule has 0 saturated carbocycles. The molecule has 5 heteroatoms. The van der Waals surface area contributed by atoms with E-state index in [2.05, 4.69) is 31.1 Å². The lowest BCUT2D eigenvalue weighted by Crippen LogP contribution is -2.32. The van der Waals surface area contributed by atoms with Crippen LogP contribution in [0, 0.1) is 0 Å². The molecule has 0 spiro atoms. The Kier molecular flexibility index (Phi) is 5.03. The second kappa shape index (κ2) is 6.30. The molecule has 0 aliphatic rings. The third-order valence-corrected chi connectivity index (χ3v) is 2.92. The lowest BCUT2D eigenvalue weighted by molar-refractivity contribution is 0.0663. The van der Waals surface area contributed by atoms with Crippen molar-refractivity contribution < 1.29 is 14.3 Å². The fourth-order valence-corrected chi connectivity index (χ4v) is 1.44. The Bertz CT molecular complexity index is 362. The lowest BCUT2D eigenvalue weighted by Gasteiger charge is -2.23. The minimum atomic E-state index is -1.05. The van der Waals surface area contributed by atoms with E-state index < -0.39 is 5.97 Å². The molecule has 0 aliphatic carbocycles. The highest BCUT2D eigenvalue weighted by atomic mass is 16.4. The number of carboxylic acid groups (broad SMARTS) is 1. The van der Waals surface area contributed by atoms with Crippen molar-refractivity contribution in [3.05, 3.63) is 17.9 Å². The number of aromatic carboxylic acids is 1. The van der Waals surface area contributed by atoms with Gasteiger partial charge in [-0.3, -0.25) is 0 Å². The van der Waals surface area contributed by atoms with E-state index in [1.54, 1.807) is 6.07 Å². The number of anilines is 1. The van der Waals surface area contributed by atoms with Crippen molar-refractivity contribution in [2.45, 2.75) is 26.3 Å². The number of rotatable bonds is 7. The number of nitrogens with one attached hydrogen (secondary N) is 1.